The number of carboxylic acids is 1. The Balaban J connectivity index is 1.98. The van der Waals surface area contributed by atoms with E-state index in [4.69, 9.17) is 9.84 Å². The third kappa shape index (κ3) is 3.67. The molecule has 0 amide bonds. The Morgan fingerprint density at radius 2 is 2.30 bits per heavy atom. The van der Waals surface area contributed by atoms with E-state index in [-0.39, 0.29) is 18.3 Å². The number of carbonyl (C=O) groups is 1. The second-order valence-electron chi connectivity index (χ2n) is 4.85. The number of aryl methyl sites for hydroxylation is 1. The summed E-state index contributed by atoms with van der Waals surface area (Å²) < 4.78 is 5.46. The van der Waals surface area contributed by atoms with Crippen LogP contribution in [0.5, 0.6) is 5.75 Å². The zero-order valence-electron chi connectivity index (χ0n) is 11.0. The van der Waals surface area contributed by atoms with Crippen LogP contribution < -0.4 is 10.1 Å². The second-order valence-corrected chi connectivity index (χ2v) is 4.85. The minimum absolute atomic E-state index is 0.00944. The molecule has 1 fully saturated rings. The van der Waals surface area contributed by atoms with Crippen LogP contribution in [-0.2, 0) is 4.79 Å². The van der Waals surface area contributed by atoms with Crippen LogP contribution in [0.25, 0.3) is 0 Å². The van der Waals surface area contributed by atoms with Gasteiger partial charge in [0, 0.05) is 18.2 Å². The standard InChI is InChI=1S/C13H16N2O5/c1-8-6-10(15(18)19)4-5-12(8)20-7-11(13(16)17)14-9-2-3-9/h4-6,9,11,14H,2-3,7H2,1H3,(H,16,17). The Morgan fingerprint density at radius 1 is 1.60 bits per heavy atom. The van der Waals surface area contributed by atoms with Gasteiger partial charge in [-0.15, -0.1) is 0 Å². The molecule has 1 aliphatic rings. The fourth-order valence-corrected chi connectivity index (χ4v) is 1.81. The molecule has 1 aliphatic carbocycles. The molecule has 1 aromatic rings. The van der Waals surface area contributed by atoms with Gasteiger partial charge < -0.3 is 9.84 Å². The Kier molecular flexibility index (Phi) is 4.19. The van der Waals surface area contributed by atoms with Crippen molar-refractivity contribution < 1.29 is 19.6 Å². The summed E-state index contributed by atoms with van der Waals surface area (Å²) in [4.78, 5) is 21.2. The highest BCUT2D eigenvalue weighted by molar-refractivity contribution is 5.73. The van der Waals surface area contributed by atoms with Crippen LogP contribution in [0, 0.1) is 17.0 Å². The maximum Gasteiger partial charge on any atom is 0.324 e. The first kappa shape index (κ1) is 14.3. The lowest BCUT2D eigenvalue weighted by Crippen LogP contribution is -2.42. The molecular formula is C13H16N2O5. The van der Waals surface area contributed by atoms with E-state index in [1.54, 1.807) is 6.92 Å². The number of nitro groups is 1. The summed E-state index contributed by atoms with van der Waals surface area (Å²) in [6, 6.07) is 3.73. The molecule has 0 aliphatic heterocycles. The highest BCUT2D eigenvalue weighted by atomic mass is 16.6. The van der Waals surface area contributed by atoms with E-state index < -0.39 is 16.9 Å². The van der Waals surface area contributed by atoms with Gasteiger partial charge in [0.25, 0.3) is 5.69 Å². The number of aliphatic carboxylic acids is 1. The van der Waals surface area contributed by atoms with Crippen molar-refractivity contribution >= 4 is 11.7 Å². The van der Waals surface area contributed by atoms with E-state index in [2.05, 4.69) is 5.32 Å². The highest BCUT2D eigenvalue weighted by Gasteiger charge is 2.28. The predicted molar refractivity (Wildman–Crippen MR) is 70.9 cm³/mol. The Labute approximate surface area is 115 Å². The Hall–Kier alpha value is -2.15. The normalized spacial score (nSPS) is 15.7. The molecule has 108 valence electrons. The summed E-state index contributed by atoms with van der Waals surface area (Å²) in [6.07, 6.45) is 1.97. The number of ether oxygens (including phenoxy) is 1. The van der Waals surface area contributed by atoms with Crippen molar-refractivity contribution in [2.45, 2.75) is 31.8 Å². The lowest BCUT2D eigenvalue weighted by Gasteiger charge is -2.16. The Bertz CT molecular complexity index is 527. The molecule has 2 rings (SSSR count). The molecule has 0 aromatic heterocycles. The maximum absolute atomic E-state index is 11.1. The number of carboxylic acid groups (broad SMARTS) is 1. The summed E-state index contributed by atoms with van der Waals surface area (Å²) in [5.41, 5.74) is 0.593. The van der Waals surface area contributed by atoms with Crippen molar-refractivity contribution in [2.75, 3.05) is 6.61 Å². The van der Waals surface area contributed by atoms with E-state index in [1.165, 1.54) is 18.2 Å². The van der Waals surface area contributed by atoms with Crippen molar-refractivity contribution in [3.05, 3.63) is 33.9 Å². The molecular weight excluding hydrogens is 264 g/mol. The molecule has 0 bridgehead atoms. The number of nitrogens with one attached hydrogen (secondary N) is 1. The largest absolute Gasteiger partial charge is 0.491 e. The van der Waals surface area contributed by atoms with Gasteiger partial charge in [-0.25, -0.2) is 0 Å². The van der Waals surface area contributed by atoms with Crippen molar-refractivity contribution in [1.29, 1.82) is 0 Å². The topological polar surface area (TPSA) is 102 Å². The molecule has 20 heavy (non-hydrogen) atoms. The summed E-state index contributed by atoms with van der Waals surface area (Å²) >= 11 is 0. The SMILES string of the molecule is Cc1cc([N+](=O)[O-])ccc1OCC(NC1CC1)C(=O)O. The molecule has 2 N–H and O–H groups in total. The maximum atomic E-state index is 11.1. The molecule has 1 aromatic carbocycles. The molecule has 1 atom stereocenters. The lowest BCUT2D eigenvalue weighted by molar-refractivity contribution is -0.384. The zero-order chi connectivity index (χ0) is 14.7. The number of nitrogens with zero attached hydrogens (tertiary/aromatic N) is 1. The molecule has 0 spiro atoms. The van der Waals surface area contributed by atoms with Crippen LogP contribution in [0.15, 0.2) is 18.2 Å². The van der Waals surface area contributed by atoms with Gasteiger partial charge in [0.05, 0.1) is 4.92 Å². The van der Waals surface area contributed by atoms with Gasteiger partial charge in [-0.05, 0) is 31.4 Å². The van der Waals surface area contributed by atoms with E-state index in [0.29, 0.717) is 11.3 Å². The van der Waals surface area contributed by atoms with Crippen LogP contribution in [0.1, 0.15) is 18.4 Å². The van der Waals surface area contributed by atoms with E-state index in [9.17, 15) is 14.9 Å². The summed E-state index contributed by atoms with van der Waals surface area (Å²) in [5.74, 6) is -0.504. The van der Waals surface area contributed by atoms with Gasteiger partial charge in [-0.1, -0.05) is 0 Å². The first-order chi connectivity index (χ1) is 9.47. The van der Waals surface area contributed by atoms with Gasteiger partial charge >= 0.3 is 5.97 Å². The summed E-state index contributed by atoms with van der Waals surface area (Å²) in [7, 11) is 0. The fourth-order valence-electron chi connectivity index (χ4n) is 1.81. The van der Waals surface area contributed by atoms with Crippen LogP contribution in [0.2, 0.25) is 0 Å². The second kappa shape index (κ2) is 5.87. The molecule has 7 heteroatoms. The van der Waals surface area contributed by atoms with Crippen molar-refractivity contribution in [3.63, 3.8) is 0 Å². The Morgan fingerprint density at radius 3 is 2.80 bits per heavy atom. The van der Waals surface area contributed by atoms with Gasteiger partial charge in [-0.3, -0.25) is 20.2 Å². The number of non-ortho nitro benzene ring substituents is 1. The number of hydrogen-bond donors (Lipinski definition) is 2. The van der Waals surface area contributed by atoms with Crippen molar-refractivity contribution in [2.24, 2.45) is 0 Å². The number of hydrogen-bond acceptors (Lipinski definition) is 5. The van der Waals surface area contributed by atoms with Gasteiger partial charge in [0.15, 0.2) is 0 Å². The molecule has 7 nitrogen and oxygen atoms in total. The third-order valence-electron chi connectivity index (χ3n) is 3.09. The van der Waals surface area contributed by atoms with Crippen molar-refractivity contribution in [3.8, 4) is 5.75 Å². The summed E-state index contributed by atoms with van der Waals surface area (Å²) in [6.45, 7) is 1.68. The minimum Gasteiger partial charge on any atom is -0.491 e. The monoisotopic (exact) mass is 280 g/mol. The number of benzene rings is 1. The third-order valence-corrected chi connectivity index (χ3v) is 3.09. The fraction of sp³-hybridized carbons (Fsp3) is 0.462. The quantitative estimate of drug-likeness (QED) is 0.579. The van der Waals surface area contributed by atoms with Gasteiger partial charge in [-0.2, -0.15) is 0 Å². The van der Waals surface area contributed by atoms with Crippen LogP contribution in [0.3, 0.4) is 0 Å². The number of rotatable bonds is 7. The van der Waals surface area contributed by atoms with Crippen molar-refractivity contribution in [1.82, 2.24) is 5.32 Å². The van der Waals surface area contributed by atoms with Crippen LogP contribution in [0.4, 0.5) is 5.69 Å². The molecule has 0 saturated heterocycles. The van der Waals surface area contributed by atoms with Gasteiger partial charge in [0.2, 0.25) is 0 Å². The predicted octanol–water partition coefficient (Wildman–Crippen LogP) is 1.49. The van der Waals surface area contributed by atoms with E-state index >= 15 is 0 Å². The molecule has 1 saturated carbocycles. The lowest BCUT2D eigenvalue weighted by atomic mass is 10.2. The highest BCUT2D eigenvalue weighted by Crippen LogP contribution is 2.24. The molecule has 0 radical (unpaired) electrons. The summed E-state index contributed by atoms with van der Waals surface area (Å²) in [5, 5.41) is 22.7. The van der Waals surface area contributed by atoms with E-state index in [1.807, 2.05) is 0 Å². The zero-order valence-corrected chi connectivity index (χ0v) is 11.0. The first-order valence-electron chi connectivity index (χ1n) is 6.34. The minimum atomic E-state index is -0.962. The molecule has 1 unspecified atom stereocenters. The molecule has 0 heterocycles. The first-order valence-corrected chi connectivity index (χ1v) is 6.34. The van der Waals surface area contributed by atoms with Crippen LogP contribution in [-0.4, -0.2) is 34.7 Å². The number of nitro benzene ring substituents is 1. The van der Waals surface area contributed by atoms with Gasteiger partial charge in [0.1, 0.15) is 18.4 Å². The van der Waals surface area contributed by atoms with E-state index in [0.717, 1.165) is 12.8 Å². The average Bonchev–Trinajstić information content (AvgIpc) is 3.19. The van der Waals surface area contributed by atoms with Crippen LogP contribution >= 0.6 is 0 Å². The average molecular weight is 280 g/mol. The smallest absolute Gasteiger partial charge is 0.324 e.